The van der Waals surface area contributed by atoms with Gasteiger partial charge in [-0.15, -0.1) is 22.9 Å². The van der Waals surface area contributed by atoms with Gasteiger partial charge in [-0.3, -0.25) is 0 Å². The van der Waals surface area contributed by atoms with Crippen molar-refractivity contribution in [1.29, 1.82) is 0 Å². The fraction of sp³-hybridized carbons (Fsp3) is 0.700. The zero-order valence-electron chi connectivity index (χ0n) is 7.79. The van der Waals surface area contributed by atoms with E-state index in [4.69, 9.17) is 11.6 Å². The lowest BCUT2D eigenvalue weighted by molar-refractivity contribution is 0.595. The molecule has 1 fully saturated rings. The van der Waals surface area contributed by atoms with Gasteiger partial charge in [0.25, 0.3) is 0 Å². The fourth-order valence-electron chi connectivity index (χ4n) is 2.00. The highest BCUT2D eigenvalue weighted by molar-refractivity contribution is 7.09. The molecule has 0 amide bonds. The predicted molar refractivity (Wildman–Crippen MR) is 57.4 cm³/mol. The van der Waals surface area contributed by atoms with Gasteiger partial charge in [-0.05, 0) is 18.8 Å². The van der Waals surface area contributed by atoms with Crippen LogP contribution in [-0.4, -0.2) is 4.98 Å². The molecule has 0 saturated heterocycles. The number of alkyl halides is 1. The zero-order valence-corrected chi connectivity index (χ0v) is 9.37. The molecule has 0 N–H and O–H groups in total. The minimum absolute atomic E-state index is 0.554. The molecule has 1 saturated carbocycles. The molecule has 13 heavy (non-hydrogen) atoms. The summed E-state index contributed by atoms with van der Waals surface area (Å²) in [6.07, 6.45) is 3.99. The number of aromatic nitrogens is 1. The van der Waals surface area contributed by atoms with Crippen LogP contribution < -0.4 is 0 Å². The lowest BCUT2D eigenvalue weighted by atomic mass is 10.1. The van der Waals surface area contributed by atoms with Gasteiger partial charge in [0.2, 0.25) is 0 Å². The molecule has 0 aliphatic heterocycles. The number of nitrogens with zero attached hydrogens (tertiary/aromatic N) is 1. The largest absolute Gasteiger partial charge is 0.245 e. The smallest absolute Gasteiger partial charge is 0.0959 e. The first kappa shape index (κ1) is 9.47. The van der Waals surface area contributed by atoms with Crippen molar-refractivity contribution in [2.24, 2.45) is 5.92 Å². The Balaban J connectivity index is 2.08. The Bertz CT molecular complexity index is 284. The molecule has 0 radical (unpaired) electrons. The first-order chi connectivity index (χ1) is 6.29. The molecule has 3 heteroatoms. The minimum atomic E-state index is 0.554. The Labute approximate surface area is 88.1 Å². The number of halogens is 1. The molecule has 1 heterocycles. The maximum atomic E-state index is 5.72. The number of hydrogen-bond donors (Lipinski definition) is 0. The van der Waals surface area contributed by atoms with Crippen LogP contribution in [0.3, 0.4) is 0 Å². The second-order valence-electron chi connectivity index (χ2n) is 3.93. The van der Waals surface area contributed by atoms with Crippen LogP contribution in [0.25, 0.3) is 0 Å². The Morgan fingerprint density at radius 1 is 1.62 bits per heavy atom. The minimum Gasteiger partial charge on any atom is -0.245 e. The van der Waals surface area contributed by atoms with E-state index in [0.29, 0.717) is 5.88 Å². The molecule has 0 aromatic carbocycles. The summed E-state index contributed by atoms with van der Waals surface area (Å²) in [5.74, 6) is 2.16. The van der Waals surface area contributed by atoms with Crippen LogP contribution in [0.4, 0.5) is 0 Å². The van der Waals surface area contributed by atoms with Crippen LogP contribution in [0, 0.1) is 5.92 Å². The van der Waals surface area contributed by atoms with Crippen molar-refractivity contribution in [3.63, 3.8) is 0 Å². The standard InChI is InChI=1S/C10H14ClNS/c1-7-2-3-8(4-7)10-12-9(5-11)6-13-10/h6-8H,2-5H2,1H3. The Kier molecular flexibility index (Phi) is 2.89. The molecule has 0 bridgehead atoms. The number of rotatable bonds is 2. The normalized spacial score (nSPS) is 28.2. The van der Waals surface area contributed by atoms with Crippen molar-refractivity contribution in [1.82, 2.24) is 4.98 Å². The second kappa shape index (κ2) is 3.97. The van der Waals surface area contributed by atoms with Gasteiger partial charge in [0.15, 0.2) is 0 Å². The second-order valence-corrected chi connectivity index (χ2v) is 5.08. The first-order valence-electron chi connectivity index (χ1n) is 4.80. The SMILES string of the molecule is CC1CCC(c2nc(CCl)cs2)C1. The average molecular weight is 216 g/mol. The maximum absolute atomic E-state index is 5.72. The van der Waals surface area contributed by atoms with Crippen LogP contribution in [0.5, 0.6) is 0 Å². The van der Waals surface area contributed by atoms with E-state index in [9.17, 15) is 0 Å². The van der Waals surface area contributed by atoms with Gasteiger partial charge >= 0.3 is 0 Å². The van der Waals surface area contributed by atoms with E-state index in [1.807, 2.05) is 0 Å². The summed E-state index contributed by atoms with van der Waals surface area (Å²) in [4.78, 5) is 4.53. The summed E-state index contributed by atoms with van der Waals surface area (Å²) in [5.41, 5.74) is 1.04. The summed E-state index contributed by atoms with van der Waals surface area (Å²) >= 11 is 7.50. The Morgan fingerprint density at radius 2 is 2.46 bits per heavy atom. The molecule has 2 atom stereocenters. The maximum Gasteiger partial charge on any atom is 0.0959 e. The summed E-state index contributed by atoms with van der Waals surface area (Å²) in [7, 11) is 0. The van der Waals surface area contributed by atoms with E-state index in [1.54, 1.807) is 11.3 Å². The third-order valence-corrected chi connectivity index (χ3v) is 4.08. The molecule has 0 spiro atoms. The summed E-state index contributed by atoms with van der Waals surface area (Å²) < 4.78 is 0. The van der Waals surface area contributed by atoms with Gasteiger partial charge in [0.05, 0.1) is 16.6 Å². The fourth-order valence-corrected chi connectivity index (χ4v) is 3.20. The van der Waals surface area contributed by atoms with Crippen molar-refractivity contribution in [3.8, 4) is 0 Å². The monoisotopic (exact) mass is 215 g/mol. The lowest BCUT2D eigenvalue weighted by Crippen LogP contribution is -1.92. The zero-order chi connectivity index (χ0) is 9.26. The van der Waals surface area contributed by atoms with E-state index in [2.05, 4.69) is 17.3 Å². The van der Waals surface area contributed by atoms with Crippen molar-refractivity contribution in [3.05, 3.63) is 16.1 Å². The van der Waals surface area contributed by atoms with Crippen molar-refractivity contribution < 1.29 is 0 Å². The molecule has 1 aromatic rings. The third-order valence-electron chi connectivity index (χ3n) is 2.75. The molecule has 1 aromatic heterocycles. The van der Waals surface area contributed by atoms with E-state index in [0.717, 1.165) is 17.5 Å². The number of thiazole rings is 1. The van der Waals surface area contributed by atoms with Gasteiger partial charge in [-0.1, -0.05) is 13.3 Å². The first-order valence-corrected chi connectivity index (χ1v) is 6.21. The highest BCUT2D eigenvalue weighted by Crippen LogP contribution is 2.39. The van der Waals surface area contributed by atoms with Crippen molar-refractivity contribution in [2.75, 3.05) is 0 Å². The van der Waals surface area contributed by atoms with E-state index < -0.39 is 0 Å². The highest BCUT2D eigenvalue weighted by Gasteiger charge is 2.24. The Morgan fingerprint density at radius 3 is 3.00 bits per heavy atom. The third kappa shape index (κ3) is 2.05. The van der Waals surface area contributed by atoms with Crippen molar-refractivity contribution in [2.45, 2.75) is 38.0 Å². The molecule has 2 rings (SSSR count). The van der Waals surface area contributed by atoms with Crippen LogP contribution in [0.2, 0.25) is 0 Å². The molecule has 72 valence electrons. The molecular weight excluding hydrogens is 202 g/mol. The van der Waals surface area contributed by atoms with Crippen LogP contribution >= 0.6 is 22.9 Å². The van der Waals surface area contributed by atoms with Gasteiger partial charge in [-0.25, -0.2) is 4.98 Å². The van der Waals surface area contributed by atoms with Crippen molar-refractivity contribution >= 4 is 22.9 Å². The Hall–Kier alpha value is -0.0800. The average Bonchev–Trinajstić information content (AvgIpc) is 2.71. The van der Waals surface area contributed by atoms with Gasteiger partial charge in [0, 0.05) is 11.3 Å². The summed E-state index contributed by atoms with van der Waals surface area (Å²) in [5, 5.41) is 3.39. The van der Waals surface area contributed by atoms with Gasteiger partial charge < -0.3 is 0 Å². The number of hydrogen-bond acceptors (Lipinski definition) is 2. The van der Waals surface area contributed by atoms with Gasteiger partial charge in [0.1, 0.15) is 0 Å². The molecule has 2 unspecified atom stereocenters. The summed E-state index contributed by atoms with van der Waals surface area (Å²) in [6.45, 7) is 2.33. The van der Waals surface area contributed by atoms with Crippen LogP contribution in [0.1, 0.15) is 42.8 Å². The highest BCUT2D eigenvalue weighted by atomic mass is 35.5. The van der Waals surface area contributed by atoms with E-state index in [1.165, 1.54) is 24.3 Å². The molecule has 1 nitrogen and oxygen atoms in total. The van der Waals surface area contributed by atoms with E-state index >= 15 is 0 Å². The van der Waals surface area contributed by atoms with E-state index in [-0.39, 0.29) is 0 Å². The molecule has 1 aliphatic carbocycles. The quantitative estimate of drug-likeness (QED) is 0.685. The molecule has 1 aliphatic rings. The lowest BCUT2D eigenvalue weighted by Gasteiger charge is -2.03. The predicted octanol–water partition coefficient (Wildman–Crippen LogP) is 3.79. The van der Waals surface area contributed by atoms with Crippen LogP contribution in [-0.2, 0) is 5.88 Å². The topological polar surface area (TPSA) is 12.9 Å². The molecular formula is C10H14ClNS. The summed E-state index contributed by atoms with van der Waals surface area (Å²) in [6, 6.07) is 0. The van der Waals surface area contributed by atoms with Gasteiger partial charge in [-0.2, -0.15) is 0 Å². The van der Waals surface area contributed by atoms with Crippen LogP contribution in [0.15, 0.2) is 5.38 Å².